The summed E-state index contributed by atoms with van der Waals surface area (Å²) >= 11 is 0. The van der Waals surface area contributed by atoms with Crippen LogP contribution in [0.1, 0.15) is 23.1 Å². The number of aromatic nitrogens is 4. The van der Waals surface area contributed by atoms with E-state index in [0.29, 0.717) is 0 Å². The Morgan fingerprint density at radius 1 is 1.00 bits per heavy atom. The molecule has 0 radical (unpaired) electrons. The minimum Gasteiger partial charge on any atom is -0.396 e. The number of alkyl halides is 3. The summed E-state index contributed by atoms with van der Waals surface area (Å²) < 4.78 is 45.1. The summed E-state index contributed by atoms with van der Waals surface area (Å²) in [5, 5.41) is 9.18. The molecular formula is C24H23F3N4O3. The topological polar surface area (TPSA) is 82.1 Å². The first-order valence-electron chi connectivity index (χ1n) is 10.7. The van der Waals surface area contributed by atoms with Gasteiger partial charge >= 0.3 is 11.9 Å². The van der Waals surface area contributed by atoms with Crippen LogP contribution >= 0.6 is 0 Å². The molecule has 0 saturated heterocycles. The van der Waals surface area contributed by atoms with Gasteiger partial charge in [-0.15, -0.1) is 0 Å². The second-order valence-corrected chi connectivity index (χ2v) is 8.10. The molecule has 2 heterocycles. The Labute approximate surface area is 192 Å². The lowest BCUT2D eigenvalue weighted by Gasteiger charge is -2.15. The van der Waals surface area contributed by atoms with Crippen molar-refractivity contribution in [3.05, 3.63) is 86.1 Å². The fourth-order valence-corrected chi connectivity index (χ4v) is 3.96. The van der Waals surface area contributed by atoms with Crippen molar-refractivity contribution in [2.24, 2.45) is 7.05 Å². The highest BCUT2D eigenvalue weighted by Gasteiger charge is 2.35. The van der Waals surface area contributed by atoms with Crippen LogP contribution in [-0.4, -0.2) is 30.4 Å². The van der Waals surface area contributed by atoms with Gasteiger partial charge < -0.3 is 9.67 Å². The molecule has 0 fully saturated rings. The van der Waals surface area contributed by atoms with E-state index >= 15 is 0 Å². The Morgan fingerprint density at radius 3 is 2.32 bits per heavy atom. The molecule has 0 bridgehead atoms. The van der Waals surface area contributed by atoms with Crippen molar-refractivity contribution < 1.29 is 18.3 Å². The monoisotopic (exact) mass is 472 g/mol. The molecule has 0 amide bonds. The van der Waals surface area contributed by atoms with Crippen LogP contribution in [0, 0.1) is 6.92 Å². The molecule has 0 spiro atoms. The van der Waals surface area contributed by atoms with Crippen LogP contribution in [-0.2, 0) is 26.3 Å². The standard InChI is InChI=1S/C24H23F3N4O3/c1-15-8-10-16(11-9-15)14-31-19-21(29(2)23(34)30(22(19)33)12-5-13-32)28-20(31)17-6-3-4-7-18(17)24(25,26)27/h3-4,6-11,32H,5,12-14H2,1-2H3. The van der Waals surface area contributed by atoms with E-state index in [2.05, 4.69) is 4.98 Å². The SMILES string of the molecule is Cc1ccc(Cn2c(-c3ccccc3C(F)(F)F)nc3c2c(=O)n(CCCO)c(=O)n3C)cc1. The number of nitrogens with zero attached hydrogens (tertiary/aromatic N) is 4. The molecular weight excluding hydrogens is 449 g/mol. The number of rotatable bonds is 6. The summed E-state index contributed by atoms with van der Waals surface area (Å²) in [6.07, 6.45) is -4.47. The maximum absolute atomic E-state index is 13.8. The first-order valence-corrected chi connectivity index (χ1v) is 10.7. The van der Waals surface area contributed by atoms with Crippen molar-refractivity contribution in [1.82, 2.24) is 18.7 Å². The number of benzene rings is 2. The Bertz CT molecular complexity index is 1460. The smallest absolute Gasteiger partial charge is 0.396 e. The molecule has 0 aliphatic rings. The highest BCUT2D eigenvalue weighted by Crippen LogP contribution is 2.37. The minimum atomic E-state index is -4.64. The number of aryl methyl sites for hydroxylation is 2. The third-order valence-electron chi connectivity index (χ3n) is 5.71. The van der Waals surface area contributed by atoms with Crippen LogP contribution in [0.2, 0.25) is 0 Å². The van der Waals surface area contributed by atoms with Gasteiger partial charge in [-0.1, -0.05) is 48.0 Å². The first kappa shape index (κ1) is 23.5. The van der Waals surface area contributed by atoms with Crippen molar-refractivity contribution in [3.8, 4) is 11.4 Å². The van der Waals surface area contributed by atoms with Crippen molar-refractivity contribution >= 4 is 11.2 Å². The fraction of sp³-hybridized carbons (Fsp3) is 0.292. The largest absolute Gasteiger partial charge is 0.417 e. The Morgan fingerprint density at radius 2 is 1.68 bits per heavy atom. The molecule has 7 nitrogen and oxygen atoms in total. The summed E-state index contributed by atoms with van der Waals surface area (Å²) in [4.78, 5) is 30.6. The Hall–Kier alpha value is -3.66. The number of imidazole rings is 1. The van der Waals surface area contributed by atoms with E-state index in [4.69, 9.17) is 0 Å². The number of fused-ring (bicyclic) bond motifs is 1. The van der Waals surface area contributed by atoms with Crippen molar-refractivity contribution in [2.75, 3.05) is 6.61 Å². The van der Waals surface area contributed by atoms with E-state index in [1.165, 1.54) is 29.8 Å². The predicted molar refractivity (Wildman–Crippen MR) is 122 cm³/mol. The van der Waals surface area contributed by atoms with Crippen molar-refractivity contribution in [3.63, 3.8) is 0 Å². The van der Waals surface area contributed by atoms with Crippen molar-refractivity contribution in [2.45, 2.75) is 32.6 Å². The Balaban J connectivity index is 2.08. The zero-order valence-electron chi connectivity index (χ0n) is 18.6. The van der Waals surface area contributed by atoms with Crippen molar-refractivity contribution in [1.29, 1.82) is 0 Å². The van der Waals surface area contributed by atoms with Crippen LogP contribution in [0.15, 0.2) is 58.1 Å². The highest BCUT2D eigenvalue weighted by molar-refractivity contribution is 5.78. The second-order valence-electron chi connectivity index (χ2n) is 8.10. The third kappa shape index (κ3) is 4.16. The van der Waals surface area contributed by atoms with E-state index in [1.54, 1.807) is 0 Å². The number of hydrogen-bond acceptors (Lipinski definition) is 4. The molecule has 0 atom stereocenters. The second kappa shape index (κ2) is 8.94. The Kier molecular flexibility index (Phi) is 6.18. The molecule has 178 valence electrons. The molecule has 34 heavy (non-hydrogen) atoms. The number of halogens is 3. The third-order valence-corrected chi connectivity index (χ3v) is 5.71. The first-order chi connectivity index (χ1) is 16.1. The summed E-state index contributed by atoms with van der Waals surface area (Å²) in [5.41, 5.74) is -0.611. The van der Waals surface area contributed by atoms with E-state index in [-0.39, 0.29) is 48.7 Å². The van der Waals surface area contributed by atoms with E-state index in [0.717, 1.165) is 26.3 Å². The minimum absolute atomic E-state index is 0.00524. The van der Waals surface area contributed by atoms with Crippen LogP contribution in [0.25, 0.3) is 22.6 Å². The van der Waals surface area contributed by atoms with Gasteiger partial charge in [0.25, 0.3) is 5.56 Å². The molecule has 4 aromatic rings. The van der Waals surface area contributed by atoms with Crippen LogP contribution < -0.4 is 11.2 Å². The lowest BCUT2D eigenvalue weighted by atomic mass is 10.1. The molecule has 2 aromatic heterocycles. The van der Waals surface area contributed by atoms with Gasteiger partial charge in [0.15, 0.2) is 11.2 Å². The van der Waals surface area contributed by atoms with Gasteiger partial charge in [-0.25, -0.2) is 9.78 Å². The summed E-state index contributed by atoms with van der Waals surface area (Å²) in [5.74, 6) is -0.0597. The number of aliphatic hydroxyl groups is 1. The predicted octanol–water partition coefficient (Wildman–Crippen LogP) is 3.32. The maximum Gasteiger partial charge on any atom is 0.417 e. The van der Waals surface area contributed by atoms with Gasteiger partial charge in [0.05, 0.1) is 5.56 Å². The average molecular weight is 472 g/mol. The number of hydrogen-bond donors (Lipinski definition) is 1. The van der Waals surface area contributed by atoms with Gasteiger partial charge in [0, 0.05) is 32.3 Å². The van der Waals surface area contributed by atoms with Gasteiger partial charge in [-0.3, -0.25) is 13.9 Å². The molecule has 0 unspecified atom stereocenters. The van der Waals surface area contributed by atoms with Gasteiger partial charge in [0.1, 0.15) is 5.82 Å². The molecule has 4 rings (SSSR count). The molecule has 0 saturated carbocycles. The zero-order chi connectivity index (χ0) is 24.6. The van der Waals surface area contributed by atoms with E-state index < -0.39 is 23.0 Å². The molecule has 10 heteroatoms. The van der Waals surface area contributed by atoms with Gasteiger partial charge in [-0.2, -0.15) is 13.2 Å². The quantitative estimate of drug-likeness (QED) is 0.467. The van der Waals surface area contributed by atoms with E-state index in [1.807, 2.05) is 31.2 Å². The van der Waals surface area contributed by atoms with Gasteiger partial charge in [0.2, 0.25) is 0 Å². The zero-order valence-corrected chi connectivity index (χ0v) is 18.6. The lowest BCUT2D eigenvalue weighted by molar-refractivity contribution is -0.137. The molecule has 1 N–H and O–H groups in total. The van der Waals surface area contributed by atoms with Crippen LogP contribution in [0.3, 0.4) is 0 Å². The highest BCUT2D eigenvalue weighted by atomic mass is 19.4. The summed E-state index contributed by atoms with van der Waals surface area (Å²) in [7, 11) is 1.42. The van der Waals surface area contributed by atoms with Crippen LogP contribution in [0.4, 0.5) is 13.2 Å². The summed E-state index contributed by atoms with van der Waals surface area (Å²) in [6.45, 7) is 1.74. The fourth-order valence-electron chi connectivity index (χ4n) is 3.96. The van der Waals surface area contributed by atoms with Gasteiger partial charge in [-0.05, 0) is 25.0 Å². The van der Waals surface area contributed by atoms with Crippen LogP contribution in [0.5, 0.6) is 0 Å². The summed E-state index contributed by atoms with van der Waals surface area (Å²) in [6, 6.07) is 12.4. The van der Waals surface area contributed by atoms with E-state index in [9.17, 15) is 27.9 Å². The average Bonchev–Trinajstić information content (AvgIpc) is 3.18. The normalized spacial score (nSPS) is 11.9. The maximum atomic E-state index is 13.8. The molecule has 0 aliphatic heterocycles. The lowest BCUT2D eigenvalue weighted by Crippen LogP contribution is -2.39. The number of aliphatic hydroxyl groups excluding tert-OH is 1. The molecule has 0 aliphatic carbocycles. The molecule has 2 aromatic carbocycles.